The first-order valence-corrected chi connectivity index (χ1v) is 5.82. The van der Waals surface area contributed by atoms with Crippen LogP contribution in [0.15, 0.2) is 42.5 Å². The lowest BCUT2D eigenvalue weighted by atomic mass is 10.2. The normalized spacial score (nSPS) is 10.3. The summed E-state index contributed by atoms with van der Waals surface area (Å²) in [6.45, 7) is 1.71. The first kappa shape index (κ1) is 11.9. The van der Waals surface area contributed by atoms with Crippen LogP contribution in [-0.4, -0.2) is 0 Å². The molecule has 0 heterocycles. The summed E-state index contributed by atoms with van der Waals surface area (Å²) in [7, 11) is 0. The monoisotopic (exact) mass is 250 g/mol. The van der Waals surface area contributed by atoms with Crippen LogP contribution in [0, 0.1) is 12.7 Å². The van der Waals surface area contributed by atoms with Crippen molar-refractivity contribution in [3.05, 3.63) is 59.4 Å². The second-order valence-corrected chi connectivity index (χ2v) is 4.03. The molecule has 2 rings (SSSR count). The van der Waals surface area contributed by atoms with Gasteiger partial charge in [0.25, 0.3) is 0 Å². The minimum atomic E-state index is -0.325. The Hall–Kier alpha value is -1.54. The Morgan fingerprint density at radius 1 is 1.12 bits per heavy atom. The van der Waals surface area contributed by atoms with Crippen molar-refractivity contribution in [1.29, 1.82) is 0 Å². The van der Waals surface area contributed by atoms with Gasteiger partial charge in [0.15, 0.2) is 11.6 Å². The molecule has 0 atom stereocenters. The van der Waals surface area contributed by atoms with E-state index in [0.29, 0.717) is 17.2 Å². The third-order valence-electron chi connectivity index (χ3n) is 2.46. The fourth-order valence-electron chi connectivity index (χ4n) is 1.47. The number of aryl methyl sites for hydroxylation is 1. The Kier molecular flexibility index (Phi) is 3.64. The quantitative estimate of drug-likeness (QED) is 0.720. The molecule has 0 saturated carbocycles. The van der Waals surface area contributed by atoms with Crippen molar-refractivity contribution >= 4 is 11.6 Å². The molecule has 17 heavy (non-hydrogen) atoms. The molecule has 0 bridgehead atoms. The molecule has 0 aromatic heterocycles. The maximum atomic E-state index is 13.7. The van der Waals surface area contributed by atoms with Crippen LogP contribution in [0.2, 0.25) is 0 Å². The highest BCUT2D eigenvalue weighted by Gasteiger charge is 2.06. The van der Waals surface area contributed by atoms with E-state index in [9.17, 15) is 4.39 Å². The molecule has 88 valence electrons. The third kappa shape index (κ3) is 2.77. The molecule has 0 fully saturated rings. The molecule has 0 radical (unpaired) electrons. The Labute approximate surface area is 105 Å². The smallest absolute Gasteiger partial charge is 0.168 e. The molecule has 0 amide bonds. The van der Waals surface area contributed by atoms with Crippen molar-refractivity contribution in [2.75, 3.05) is 0 Å². The number of alkyl halides is 1. The van der Waals surface area contributed by atoms with Gasteiger partial charge in [0, 0.05) is 5.88 Å². The summed E-state index contributed by atoms with van der Waals surface area (Å²) in [6, 6.07) is 12.3. The Morgan fingerprint density at radius 2 is 1.82 bits per heavy atom. The van der Waals surface area contributed by atoms with E-state index >= 15 is 0 Å². The van der Waals surface area contributed by atoms with Crippen LogP contribution >= 0.6 is 11.6 Å². The predicted molar refractivity (Wildman–Crippen MR) is 67.2 cm³/mol. The second-order valence-electron chi connectivity index (χ2n) is 3.77. The summed E-state index contributed by atoms with van der Waals surface area (Å²) in [5, 5.41) is 0. The molecule has 1 nitrogen and oxygen atoms in total. The van der Waals surface area contributed by atoms with Gasteiger partial charge in [-0.3, -0.25) is 0 Å². The highest BCUT2D eigenvalue weighted by Crippen LogP contribution is 2.26. The van der Waals surface area contributed by atoms with E-state index in [1.54, 1.807) is 37.3 Å². The highest BCUT2D eigenvalue weighted by atomic mass is 35.5. The molecule has 0 aliphatic rings. The summed E-state index contributed by atoms with van der Waals surface area (Å²) in [5.74, 6) is 0.972. The lowest BCUT2D eigenvalue weighted by molar-refractivity contribution is 0.440. The summed E-state index contributed by atoms with van der Waals surface area (Å²) in [6.07, 6.45) is 0. The van der Waals surface area contributed by atoms with Gasteiger partial charge in [-0.05, 0) is 36.2 Å². The molecule has 0 aliphatic heterocycles. The number of ether oxygens (including phenoxy) is 1. The van der Waals surface area contributed by atoms with Crippen molar-refractivity contribution in [2.24, 2.45) is 0 Å². The second kappa shape index (κ2) is 5.19. The Morgan fingerprint density at radius 3 is 2.47 bits per heavy atom. The van der Waals surface area contributed by atoms with E-state index in [4.69, 9.17) is 16.3 Å². The van der Waals surface area contributed by atoms with Crippen LogP contribution in [0.25, 0.3) is 0 Å². The fourth-order valence-corrected chi connectivity index (χ4v) is 1.65. The summed E-state index contributed by atoms with van der Waals surface area (Å²) in [5.41, 5.74) is 1.57. The topological polar surface area (TPSA) is 9.23 Å². The van der Waals surface area contributed by atoms with Crippen LogP contribution in [0.5, 0.6) is 11.5 Å². The zero-order valence-corrected chi connectivity index (χ0v) is 10.2. The zero-order chi connectivity index (χ0) is 12.3. The van der Waals surface area contributed by atoms with Gasteiger partial charge in [-0.15, -0.1) is 11.6 Å². The van der Waals surface area contributed by atoms with E-state index in [-0.39, 0.29) is 11.6 Å². The first-order valence-electron chi connectivity index (χ1n) is 5.28. The van der Waals surface area contributed by atoms with Crippen LogP contribution in [0.4, 0.5) is 4.39 Å². The molecule has 0 N–H and O–H groups in total. The lowest BCUT2D eigenvalue weighted by Crippen LogP contribution is -1.90. The van der Waals surface area contributed by atoms with Crippen LogP contribution in [0.3, 0.4) is 0 Å². The van der Waals surface area contributed by atoms with Crippen LogP contribution in [-0.2, 0) is 5.88 Å². The summed E-state index contributed by atoms with van der Waals surface area (Å²) in [4.78, 5) is 0. The maximum absolute atomic E-state index is 13.7. The van der Waals surface area contributed by atoms with Gasteiger partial charge in [-0.25, -0.2) is 4.39 Å². The summed E-state index contributed by atoms with van der Waals surface area (Å²) < 4.78 is 19.2. The molecule has 0 saturated heterocycles. The van der Waals surface area contributed by atoms with Gasteiger partial charge in [0.2, 0.25) is 0 Å². The van der Waals surface area contributed by atoms with Gasteiger partial charge in [-0.2, -0.15) is 0 Å². The zero-order valence-electron chi connectivity index (χ0n) is 9.41. The molecule has 2 aromatic rings. The van der Waals surface area contributed by atoms with Crippen molar-refractivity contribution in [3.8, 4) is 11.5 Å². The van der Waals surface area contributed by atoms with Crippen LogP contribution < -0.4 is 4.74 Å². The molecule has 0 spiro atoms. The van der Waals surface area contributed by atoms with Crippen molar-refractivity contribution < 1.29 is 9.13 Å². The number of hydrogen-bond donors (Lipinski definition) is 0. The molecular formula is C14H12ClFO. The van der Waals surface area contributed by atoms with E-state index < -0.39 is 0 Å². The third-order valence-corrected chi connectivity index (χ3v) is 2.77. The van der Waals surface area contributed by atoms with Crippen molar-refractivity contribution in [2.45, 2.75) is 12.8 Å². The van der Waals surface area contributed by atoms with Gasteiger partial charge in [0.1, 0.15) is 5.75 Å². The molecule has 3 heteroatoms. The standard InChI is InChI=1S/C14H12ClFO/c1-10-3-2-4-13(14(10)16)17-12-7-5-11(9-15)6-8-12/h2-8H,9H2,1H3. The average molecular weight is 251 g/mol. The van der Waals surface area contributed by atoms with Gasteiger partial charge < -0.3 is 4.74 Å². The van der Waals surface area contributed by atoms with Gasteiger partial charge in [-0.1, -0.05) is 24.3 Å². The van der Waals surface area contributed by atoms with Gasteiger partial charge >= 0.3 is 0 Å². The maximum Gasteiger partial charge on any atom is 0.168 e. The molecule has 0 unspecified atom stereocenters. The largest absolute Gasteiger partial charge is 0.454 e. The van der Waals surface area contributed by atoms with E-state index in [2.05, 4.69) is 0 Å². The lowest BCUT2D eigenvalue weighted by Gasteiger charge is -2.08. The predicted octanol–water partition coefficient (Wildman–Crippen LogP) is 4.67. The van der Waals surface area contributed by atoms with E-state index in [1.807, 2.05) is 12.1 Å². The highest BCUT2D eigenvalue weighted by molar-refractivity contribution is 6.17. The Balaban J connectivity index is 2.22. The first-order chi connectivity index (χ1) is 8.20. The molecular weight excluding hydrogens is 239 g/mol. The van der Waals surface area contributed by atoms with E-state index in [1.165, 1.54) is 0 Å². The van der Waals surface area contributed by atoms with Crippen LogP contribution in [0.1, 0.15) is 11.1 Å². The van der Waals surface area contributed by atoms with Crippen molar-refractivity contribution in [1.82, 2.24) is 0 Å². The summed E-state index contributed by atoms with van der Waals surface area (Å²) >= 11 is 5.68. The van der Waals surface area contributed by atoms with Crippen molar-refractivity contribution in [3.63, 3.8) is 0 Å². The van der Waals surface area contributed by atoms with Gasteiger partial charge in [0.05, 0.1) is 0 Å². The minimum Gasteiger partial charge on any atom is -0.454 e. The Bertz CT molecular complexity index is 508. The number of hydrogen-bond acceptors (Lipinski definition) is 1. The number of rotatable bonds is 3. The SMILES string of the molecule is Cc1cccc(Oc2ccc(CCl)cc2)c1F. The average Bonchev–Trinajstić information content (AvgIpc) is 2.36. The fraction of sp³-hybridized carbons (Fsp3) is 0.143. The number of halogens is 2. The van der Waals surface area contributed by atoms with E-state index in [0.717, 1.165) is 5.56 Å². The number of benzene rings is 2. The molecule has 0 aliphatic carbocycles. The molecule has 2 aromatic carbocycles. The minimum absolute atomic E-state index is 0.239.